The van der Waals surface area contributed by atoms with Crippen molar-refractivity contribution in [1.82, 2.24) is 15.2 Å². The van der Waals surface area contributed by atoms with Crippen molar-refractivity contribution in [1.29, 1.82) is 0 Å². The second-order valence-electron chi connectivity index (χ2n) is 7.14. The predicted octanol–water partition coefficient (Wildman–Crippen LogP) is 4.70. The summed E-state index contributed by atoms with van der Waals surface area (Å²) >= 11 is 0. The lowest BCUT2D eigenvalue weighted by Gasteiger charge is -2.14. The van der Waals surface area contributed by atoms with Gasteiger partial charge in [-0.2, -0.15) is 5.10 Å². The number of nitrogens with zero attached hydrogens (tertiary/aromatic N) is 2. The highest BCUT2D eigenvalue weighted by Gasteiger charge is 2.14. The van der Waals surface area contributed by atoms with Crippen LogP contribution in [-0.4, -0.2) is 29.4 Å². The van der Waals surface area contributed by atoms with Crippen LogP contribution < -0.4 is 14.8 Å². The number of aromatic amines is 1. The minimum absolute atomic E-state index is 0.0520. The van der Waals surface area contributed by atoms with Crippen molar-refractivity contribution in [3.8, 4) is 17.0 Å². The molecule has 0 aliphatic heterocycles. The molecule has 4 aromatic rings. The minimum atomic E-state index is -3.45. The number of aromatic nitrogens is 3. The number of halogens is 1. The lowest BCUT2D eigenvalue weighted by molar-refractivity contribution is 0.307. The average molecular weight is 468 g/mol. The minimum Gasteiger partial charge on any atom is -0.488 e. The Balaban J connectivity index is 1.62. The summed E-state index contributed by atoms with van der Waals surface area (Å²) in [6.45, 7) is 1.73. The Kier molecular flexibility index (Phi) is 6.55. The average Bonchev–Trinajstić information content (AvgIpc) is 3.27. The van der Waals surface area contributed by atoms with Crippen LogP contribution in [0, 0.1) is 5.82 Å². The van der Waals surface area contributed by atoms with Crippen LogP contribution in [0.2, 0.25) is 0 Å². The van der Waals surface area contributed by atoms with E-state index in [0.29, 0.717) is 34.3 Å². The Morgan fingerprint density at radius 2 is 1.85 bits per heavy atom. The molecule has 10 heteroatoms. The molecule has 0 bridgehead atoms. The van der Waals surface area contributed by atoms with Crippen LogP contribution in [0.25, 0.3) is 11.3 Å². The fourth-order valence-electron chi connectivity index (χ4n) is 3.01. The van der Waals surface area contributed by atoms with Crippen molar-refractivity contribution >= 4 is 27.3 Å². The van der Waals surface area contributed by atoms with E-state index in [9.17, 15) is 12.8 Å². The van der Waals surface area contributed by atoms with Gasteiger partial charge in [0.1, 0.15) is 24.0 Å². The number of sulfonamides is 1. The number of hydrogen-bond donors (Lipinski definition) is 3. The molecule has 0 aliphatic rings. The first-order chi connectivity index (χ1) is 15.9. The van der Waals surface area contributed by atoms with Crippen LogP contribution in [0.3, 0.4) is 0 Å². The molecule has 0 unspecified atom stereocenters. The Morgan fingerprint density at radius 3 is 2.58 bits per heavy atom. The Hall–Kier alpha value is -3.92. The molecule has 0 spiro atoms. The van der Waals surface area contributed by atoms with E-state index in [0.717, 1.165) is 5.56 Å². The Morgan fingerprint density at radius 1 is 1.03 bits per heavy atom. The summed E-state index contributed by atoms with van der Waals surface area (Å²) in [7, 11) is -3.45. The van der Waals surface area contributed by atoms with Crippen molar-refractivity contribution in [2.24, 2.45) is 0 Å². The Bertz CT molecular complexity index is 1330. The van der Waals surface area contributed by atoms with Gasteiger partial charge in [0.2, 0.25) is 10.0 Å². The van der Waals surface area contributed by atoms with Gasteiger partial charge in [-0.15, -0.1) is 0 Å². The summed E-state index contributed by atoms with van der Waals surface area (Å²) in [5.41, 5.74) is 2.48. The van der Waals surface area contributed by atoms with E-state index >= 15 is 0 Å². The van der Waals surface area contributed by atoms with Gasteiger partial charge in [0.25, 0.3) is 0 Å². The lowest BCUT2D eigenvalue weighted by atomic mass is 10.1. The molecule has 0 saturated carbocycles. The Labute approximate surface area is 190 Å². The topological polar surface area (TPSA) is 109 Å². The van der Waals surface area contributed by atoms with Crippen molar-refractivity contribution in [3.05, 3.63) is 84.3 Å². The van der Waals surface area contributed by atoms with Crippen molar-refractivity contribution in [3.63, 3.8) is 0 Å². The van der Waals surface area contributed by atoms with Gasteiger partial charge in [-0.25, -0.2) is 17.8 Å². The SMILES string of the molecule is CCS(=O)(=O)Nc1ccc(-c2cc(Nc3ccccn3)n[nH]2)c(OCc2ccc(F)cc2)c1. The van der Waals surface area contributed by atoms with Crippen molar-refractivity contribution in [2.45, 2.75) is 13.5 Å². The van der Waals surface area contributed by atoms with Gasteiger partial charge in [-0.05, 0) is 48.9 Å². The summed E-state index contributed by atoms with van der Waals surface area (Å²) in [6, 6.07) is 18.3. The van der Waals surface area contributed by atoms with E-state index < -0.39 is 10.0 Å². The number of nitrogens with one attached hydrogen (secondary N) is 3. The number of hydrogen-bond acceptors (Lipinski definition) is 6. The molecule has 33 heavy (non-hydrogen) atoms. The molecular weight excluding hydrogens is 445 g/mol. The third-order valence-electron chi connectivity index (χ3n) is 4.73. The molecule has 0 atom stereocenters. The number of rotatable bonds is 9. The van der Waals surface area contributed by atoms with Crippen LogP contribution >= 0.6 is 0 Å². The second-order valence-corrected chi connectivity index (χ2v) is 9.15. The smallest absolute Gasteiger partial charge is 0.232 e. The highest BCUT2D eigenvalue weighted by molar-refractivity contribution is 7.92. The number of H-pyrrole nitrogens is 1. The van der Waals surface area contributed by atoms with E-state index in [1.54, 1.807) is 49.5 Å². The molecule has 2 heterocycles. The molecule has 8 nitrogen and oxygen atoms in total. The van der Waals surface area contributed by atoms with Crippen LogP contribution in [0.1, 0.15) is 12.5 Å². The summed E-state index contributed by atoms with van der Waals surface area (Å²) in [4.78, 5) is 4.21. The normalized spacial score (nSPS) is 11.2. The van der Waals surface area contributed by atoms with Gasteiger partial charge >= 0.3 is 0 Å². The first-order valence-corrected chi connectivity index (χ1v) is 11.8. The maximum Gasteiger partial charge on any atom is 0.232 e. The molecule has 4 rings (SSSR count). The van der Waals surface area contributed by atoms with Gasteiger partial charge < -0.3 is 10.1 Å². The zero-order chi connectivity index (χ0) is 23.3. The summed E-state index contributed by atoms with van der Waals surface area (Å²) in [5.74, 6) is 1.25. The van der Waals surface area contributed by atoms with Gasteiger partial charge in [-0.3, -0.25) is 9.82 Å². The summed E-state index contributed by atoms with van der Waals surface area (Å²) in [5, 5.41) is 10.3. The summed E-state index contributed by atoms with van der Waals surface area (Å²) < 4.78 is 45.7. The standard InChI is InChI=1S/C23H22FN5O3S/c1-2-33(30,31)29-18-10-11-19(21(13-18)32-15-16-6-8-17(24)9-7-16)20-14-23(28-27-20)26-22-5-3-4-12-25-22/h3-14,29H,2,15H2,1H3,(H2,25,26,27,28). The molecule has 0 saturated heterocycles. The second kappa shape index (κ2) is 9.70. The van der Waals surface area contributed by atoms with Crippen LogP contribution in [0.5, 0.6) is 5.75 Å². The molecule has 0 radical (unpaired) electrons. The number of ether oxygens (including phenoxy) is 1. The monoisotopic (exact) mass is 467 g/mol. The first-order valence-electron chi connectivity index (χ1n) is 10.2. The van der Waals surface area contributed by atoms with Crippen molar-refractivity contribution in [2.75, 3.05) is 15.8 Å². The molecule has 170 valence electrons. The molecule has 0 fully saturated rings. The fourth-order valence-corrected chi connectivity index (χ4v) is 3.64. The molecule has 0 amide bonds. The van der Waals surface area contributed by atoms with Gasteiger partial charge in [0, 0.05) is 23.9 Å². The van der Waals surface area contributed by atoms with Gasteiger partial charge in [0.15, 0.2) is 5.82 Å². The number of benzene rings is 2. The van der Waals surface area contributed by atoms with Gasteiger partial charge in [0.05, 0.1) is 17.1 Å². The van der Waals surface area contributed by atoms with Gasteiger partial charge in [-0.1, -0.05) is 18.2 Å². The maximum atomic E-state index is 13.2. The van der Waals surface area contributed by atoms with E-state index in [4.69, 9.17) is 4.74 Å². The van der Waals surface area contributed by atoms with E-state index in [1.165, 1.54) is 12.1 Å². The van der Waals surface area contributed by atoms with E-state index in [2.05, 4.69) is 25.2 Å². The molecule has 3 N–H and O–H groups in total. The van der Waals surface area contributed by atoms with Crippen LogP contribution in [0.15, 0.2) is 72.9 Å². The highest BCUT2D eigenvalue weighted by atomic mass is 32.2. The van der Waals surface area contributed by atoms with E-state index in [1.807, 2.05) is 18.2 Å². The first kappa shape index (κ1) is 22.3. The van der Waals surface area contributed by atoms with Crippen LogP contribution in [-0.2, 0) is 16.6 Å². The van der Waals surface area contributed by atoms with Crippen LogP contribution in [0.4, 0.5) is 21.7 Å². The quantitative estimate of drug-likeness (QED) is 0.329. The number of pyridine rings is 1. The predicted molar refractivity (Wildman–Crippen MR) is 125 cm³/mol. The third kappa shape index (κ3) is 5.86. The largest absolute Gasteiger partial charge is 0.488 e. The van der Waals surface area contributed by atoms with Crippen molar-refractivity contribution < 1.29 is 17.5 Å². The highest BCUT2D eigenvalue weighted by Crippen LogP contribution is 2.34. The zero-order valence-corrected chi connectivity index (χ0v) is 18.6. The molecule has 2 aromatic carbocycles. The zero-order valence-electron chi connectivity index (χ0n) is 17.7. The van der Waals surface area contributed by atoms with E-state index in [-0.39, 0.29) is 18.2 Å². The third-order valence-corrected chi connectivity index (χ3v) is 6.04. The molecular formula is C23H22FN5O3S. The lowest BCUT2D eigenvalue weighted by Crippen LogP contribution is -2.14. The molecule has 2 aromatic heterocycles. The number of anilines is 3. The molecule has 0 aliphatic carbocycles. The summed E-state index contributed by atoms with van der Waals surface area (Å²) in [6.07, 6.45) is 1.67. The fraction of sp³-hybridized carbons (Fsp3) is 0.130. The maximum absolute atomic E-state index is 13.2.